The minimum Gasteiger partial charge on any atom is -0.493 e. The minimum atomic E-state index is 0.564. The summed E-state index contributed by atoms with van der Waals surface area (Å²) in [5, 5.41) is 3.60. The molecule has 19 heavy (non-hydrogen) atoms. The van der Waals surface area contributed by atoms with Crippen LogP contribution in [0.3, 0.4) is 0 Å². The van der Waals surface area contributed by atoms with Crippen molar-refractivity contribution in [3.63, 3.8) is 0 Å². The van der Waals surface area contributed by atoms with Crippen LogP contribution >= 0.6 is 0 Å². The van der Waals surface area contributed by atoms with E-state index in [1.54, 1.807) is 0 Å². The Hall–Kier alpha value is -1.02. The van der Waals surface area contributed by atoms with Crippen molar-refractivity contribution in [1.82, 2.24) is 5.32 Å². The van der Waals surface area contributed by atoms with Crippen LogP contribution in [0.15, 0.2) is 18.2 Å². The van der Waals surface area contributed by atoms with Crippen LogP contribution in [0, 0.1) is 5.92 Å². The number of rotatable bonds is 6. The predicted molar refractivity (Wildman–Crippen MR) is 80.9 cm³/mol. The zero-order valence-electron chi connectivity index (χ0n) is 12.7. The highest BCUT2D eigenvalue weighted by atomic mass is 16.5. The summed E-state index contributed by atoms with van der Waals surface area (Å²) in [5.41, 5.74) is 2.84. The van der Waals surface area contributed by atoms with Gasteiger partial charge in [-0.2, -0.15) is 0 Å². The maximum absolute atomic E-state index is 5.55. The maximum Gasteiger partial charge on any atom is 0.122 e. The Kier molecular flexibility index (Phi) is 4.87. The molecule has 0 spiro atoms. The van der Waals surface area contributed by atoms with Gasteiger partial charge >= 0.3 is 0 Å². The maximum atomic E-state index is 5.55. The Morgan fingerprint density at radius 2 is 2.00 bits per heavy atom. The first-order chi connectivity index (χ1) is 9.06. The summed E-state index contributed by atoms with van der Waals surface area (Å²) in [5.74, 6) is 1.79. The van der Waals surface area contributed by atoms with Gasteiger partial charge in [-0.05, 0) is 42.9 Å². The molecule has 0 saturated heterocycles. The average Bonchev–Trinajstić information content (AvgIpc) is 2.82. The summed E-state index contributed by atoms with van der Waals surface area (Å²) < 4.78 is 5.55. The first-order valence-corrected chi connectivity index (χ1v) is 7.57. The summed E-state index contributed by atoms with van der Waals surface area (Å²) in [6.07, 6.45) is 3.48. The fraction of sp³-hybridized carbons (Fsp3) is 0.647. The zero-order valence-corrected chi connectivity index (χ0v) is 12.7. The van der Waals surface area contributed by atoms with Gasteiger partial charge in [0, 0.05) is 18.5 Å². The monoisotopic (exact) mass is 261 g/mol. The molecule has 1 heterocycles. The summed E-state index contributed by atoms with van der Waals surface area (Å²) in [6.45, 7) is 9.91. The van der Waals surface area contributed by atoms with E-state index in [0.717, 1.165) is 18.8 Å². The molecule has 2 atom stereocenters. The minimum absolute atomic E-state index is 0.564. The Balaban J connectivity index is 1.85. The number of ether oxygens (including phenoxy) is 1. The zero-order chi connectivity index (χ0) is 13.8. The van der Waals surface area contributed by atoms with E-state index in [1.165, 1.54) is 24.0 Å². The van der Waals surface area contributed by atoms with Gasteiger partial charge in [-0.3, -0.25) is 0 Å². The first-order valence-electron chi connectivity index (χ1n) is 7.57. The van der Waals surface area contributed by atoms with Gasteiger partial charge < -0.3 is 10.1 Å². The standard InChI is InChI=1S/C17H27NO/c1-12(2)18-14(4)13(3)5-6-15-7-8-17-16(11-15)9-10-19-17/h7-8,11-14,18H,5-6,9-10H2,1-4H3. The van der Waals surface area contributed by atoms with E-state index < -0.39 is 0 Å². The summed E-state index contributed by atoms with van der Waals surface area (Å²) >= 11 is 0. The van der Waals surface area contributed by atoms with Crippen molar-refractivity contribution in [3.8, 4) is 5.75 Å². The molecule has 2 nitrogen and oxygen atoms in total. The highest BCUT2D eigenvalue weighted by Gasteiger charge is 2.15. The quantitative estimate of drug-likeness (QED) is 0.845. The van der Waals surface area contributed by atoms with Crippen molar-refractivity contribution in [1.29, 1.82) is 0 Å². The van der Waals surface area contributed by atoms with Crippen LogP contribution in [0.25, 0.3) is 0 Å². The molecular weight excluding hydrogens is 234 g/mol. The number of aryl methyl sites for hydroxylation is 1. The third-order valence-electron chi connectivity index (χ3n) is 4.09. The van der Waals surface area contributed by atoms with Crippen LogP contribution in [0.1, 0.15) is 45.2 Å². The van der Waals surface area contributed by atoms with Crippen molar-refractivity contribution in [2.45, 2.75) is 59.0 Å². The molecular formula is C17H27NO. The van der Waals surface area contributed by atoms with Gasteiger partial charge in [0.05, 0.1) is 6.61 Å². The van der Waals surface area contributed by atoms with Crippen LogP contribution in [-0.2, 0) is 12.8 Å². The molecule has 2 rings (SSSR count). The number of hydrogen-bond acceptors (Lipinski definition) is 2. The fourth-order valence-electron chi connectivity index (χ4n) is 2.73. The van der Waals surface area contributed by atoms with Crippen molar-refractivity contribution in [3.05, 3.63) is 29.3 Å². The molecule has 0 aliphatic carbocycles. The van der Waals surface area contributed by atoms with Crippen molar-refractivity contribution >= 4 is 0 Å². The third-order valence-corrected chi connectivity index (χ3v) is 4.09. The largest absolute Gasteiger partial charge is 0.493 e. The molecule has 106 valence electrons. The van der Waals surface area contributed by atoms with Gasteiger partial charge in [0.25, 0.3) is 0 Å². The van der Waals surface area contributed by atoms with Crippen LogP contribution in [0.4, 0.5) is 0 Å². The molecule has 1 N–H and O–H groups in total. The summed E-state index contributed by atoms with van der Waals surface area (Å²) in [7, 11) is 0. The van der Waals surface area contributed by atoms with Crippen LogP contribution in [-0.4, -0.2) is 18.7 Å². The van der Waals surface area contributed by atoms with E-state index in [1.807, 2.05) is 0 Å². The SMILES string of the molecule is CC(C)NC(C)C(C)CCc1ccc2c(c1)CCO2. The summed E-state index contributed by atoms with van der Waals surface area (Å²) in [6, 6.07) is 7.83. The van der Waals surface area contributed by atoms with E-state index >= 15 is 0 Å². The molecule has 0 saturated carbocycles. The van der Waals surface area contributed by atoms with Crippen LogP contribution in [0.2, 0.25) is 0 Å². The molecule has 1 aliphatic heterocycles. The molecule has 0 bridgehead atoms. The summed E-state index contributed by atoms with van der Waals surface area (Å²) in [4.78, 5) is 0. The number of benzene rings is 1. The number of hydrogen-bond donors (Lipinski definition) is 1. The van der Waals surface area contributed by atoms with Crippen molar-refractivity contribution < 1.29 is 4.74 Å². The van der Waals surface area contributed by atoms with Gasteiger partial charge in [-0.15, -0.1) is 0 Å². The Morgan fingerprint density at radius 1 is 1.21 bits per heavy atom. The molecule has 0 aromatic heterocycles. The molecule has 2 unspecified atom stereocenters. The van der Waals surface area contributed by atoms with Gasteiger partial charge in [0.1, 0.15) is 5.75 Å². The van der Waals surface area contributed by atoms with Gasteiger partial charge in [-0.1, -0.05) is 32.9 Å². The molecule has 0 fully saturated rings. The Bertz CT molecular complexity index is 414. The average molecular weight is 261 g/mol. The Morgan fingerprint density at radius 3 is 2.74 bits per heavy atom. The van der Waals surface area contributed by atoms with Gasteiger partial charge in [0.2, 0.25) is 0 Å². The van der Waals surface area contributed by atoms with Crippen molar-refractivity contribution in [2.24, 2.45) is 5.92 Å². The van der Waals surface area contributed by atoms with E-state index in [2.05, 4.69) is 51.2 Å². The molecule has 2 heteroatoms. The normalized spacial score (nSPS) is 17.1. The molecule has 1 aliphatic rings. The fourth-order valence-corrected chi connectivity index (χ4v) is 2.73. The number of fused-ring (bicyclic) bond motifs is 1. The van der Waals surface area contributed by atoms with Crippen LogP contribution < -0.4 is 10.1 Å². The molecule has 0 amide bonds. The third kappa shape index (κ3) is 3.97. The molecule has 0 radical (unpaired) electrons. The lowest BCUT2D eigenvalue weighted by atomic mass is 9.94. The lowest BCUT2D eigenvalue weighted by molar-refractivity contribution is 0.355. The lowest BCUT2D eigenvalue weighted by Gasteiger charge is -2.23. The molecule has 1 aromatic carbocycles. The topological polar surface area (TPSA) is 21.3 Å². The van der Waals surface area contributed by atoms with E-state index in [0.29, 0.717) is 18.0 Å². The lowest BCUT2D eigenvalue weighted by Crippen LogP contribution is -2.37. The van der Waals surface area contributed by atoms with Crippen LogP contribution in [0.5, 0.6) is 5.75 Å². The highest BCUT2D eigenvalue weighted by Crippen LogP contribution is 2.26. The highest BCUT2D eigenvalue weighted by molar-refractivity contribution is 5.39. The smallest absolute Gasteiger partial charge is 0.122 e. The second kappa shape index (κ2) is 6.42. The predicted octanol–water partition coefficient (Wildman–Crippen LogP) is 3.58. The Labute approximate surface area is 117 Å². The van der Waals surface area contributed by atoms with E-state index in [9.17, 15) is 0 Å². The second-order valence-electron chi connectivity index (χ2n) is 6.17. The van der Waals surface area contributed by atoms with E-state index in [4.69, 9.17) is 4.74 Å². The molecule has 1 aromatic rings. The first kappa shape index (κ1) is 14.4. The van der Waals surface area contributed by atoms with Crippen molar-refractivity contribution in [2.75, 3.05) is 6.61 Å². The van der Waals surface area contributed by atoms with Gasteiger partial charge in [0.15, 0.2) is 0 Å². The van der Waals surface area contributed by atoms with Gasteiger partial charge in [-0.25, -0.2) is 0 Å². The van der Waals surface area contributed by atoms with E-state index in [-0.39, 0.29) is 0 Å². The second-order valence-corrected chi connectivity index (χ2v) is 6.17. The number of nitrogens with one attached hydrogen (secondary N) is 1.